The van der Waals surface area contributed by atoms with Gasteiger partial charge in [0.15, 0.2) is 10.3 Å². The fourth-order valence-electron chi connectivity index (χ4n) is 5.99. The fourth-order valence-corrected chi connectivity index (χ4v) is 8.04. The number of anilines is 2. The van der Waals surface area contributed by atoms with Crippen molar-refractivity contribution < 1.29 is 28.7 Å². The molecule has 5 rings (SSSR count). The third-order valence-electron chi connectivity index (χ3n) is 8.98. The molecule has 1 fully saturated rings. The van der Waals surface area contributed by atoms with Crippen molar-refractivity contribution in [2.24, 2.45) is 23.7 Å². The Bertz CT molecular complexity index is 1860. The number of carbonyl (C=O) groups excluding carboxylic acids is 4. The lowest BCUT2D eigenvalue weighted by atomic mass is 9.86. The summed E-state index contributed by atoms with van der Waals surface area (Å²) < 4.78 is 10.8. The molecule has 1 aliphatic heterocycles. The van der Waals surface area contributed by atoms with Gasteiger partial charge in [-0.1, -0.05) is 73.4 Å². The molecular weight excluding hydrogens is 731 g/mol. The van der Waals surface area contributed by atoms with Crippen LogP contribution < -0.4 is 9.80 Å². The minimum absolute atomic E-state index is 0.169. The average molecular weight is 772 g/mol. The number of carbonyl (C=O) groups is 4. The second-order valence-corrected chi connectivity index (χ2v) is 15.4. The highest BCUT2D eigenvalue weighted by atomic mass is 35.5. The van der Waals surface area contributed by atoms with Crippen LogP contribution in [0.5, 0.6) is 0 Å². The summed E-state index contributed by atoms with van der Waals surface area (Å²) in [6.07, 6.45) is 1.36. The van der Waals surface area contributed by atoms with Crippen molar-refractivity contribution in [1.29, 1.82) is 0 Å². The van der Waals surface area contributed by atoms with E-state index in [1.807, 2.05) is 61.0 Å². The van der Waals surface area contributed by atoms with Crippen LogP contribution >= 0.6 is 45.9 Å². The van der Waals surface area contributed by atoms with Gasteiger partial charge in [-0.15, -0.1) is 22.7 Å². The van der Waals surface area contributed by atoms with E-state index in [0.29, 0.717) is 51.3 Å². The lowest BCUT2D eigenvalue weighted by Crippen LogP contribution is -2.38. The first kappa shape index (κ1) is 38.5. The Kier molecular flexibility index (Phi) is 13.4. The van der Waals surface area contributed by atoms with Gasteiger partial charge in [0.05, 0.1) is 30.1 Å². The van der Waals surface area contributed by atoms with Gasteiger partial charge >= 0.3 is 11.9 Å². The van der Waals surface area contributed by atoms with Crippen molar-refractivity contribution in [3.63, 3.8) is 0 Å². The van der Waals surface area contributed by atoms with E-state index in [0.717, 1.165) is 24.0 Å². The lowest BCUT2D eigenvalue weighted by molar-refractivity contribution is -0.162. The van der Waals surface area contributed by atoms with E-state index in [2.05, 4.69) is 9.97 Å². The Morgan fingerprint density at radius 1 is 0.804 bits per heavy atom. The molecule has 270 valence electrons. The topological polar surface area (TPSA) is 119 Å². The minimum atomic E-state index is -0.828. The maximum Gasteiger partial charge on any atom is 0.314 e. The van der Waals surface area contributed by atoms with E-state index < -0.39 is 23.8 Å². The molecule has 10 nitrogen and oxygen atoms in total. The molecule has 2 atom stereocenters. The lowest BCUT2D eigenvalue weighted by Gasteiger charge is -2.28. The number of esters is 2. The van der Waals surface area contributed by atoms with E-state index in [-0.39, 0.29) is 36.5 Å². The van der Waals surface area contributed by atoms with Crippen LogP contribution in [0.3, 0.4) is 0 Å². The number of rotatable bonds is 13. The van der Waals surface area contributed by atoms with Crippen LogP contribution in [0.25, 0.3) is 22.5 Å². The van der Waals surface area contributed by atoms with Gasteiger partial charge in [-0.05, 0) is 43.2 Å². The number of hydrogen-bond acceptors (Lipinski definition) is 10. The summed E-state index contributed by atoms with van der Waals surface area (Å²) in [6.45, 7) is 4.83. The van der Waals surface area contributed by atoms with Crippen LogP contribution in [-0.2, 0) is 28.7 Å². The molecule has 0 N–H and O–H groups in total. The molecular formula is C37H40Cl2N4O6S2. The standard InChI is InChI=1S/C37H40Cl2N4O6S2/c1-22(2)27(35(47)43(4)37-41-31(21-51-37)26-10-6-8-12-29(26)39)19-33(45)49-32(44)18-24(17-23-13-15-48-16-14-23)34(46)42(3)36-40-30(20-50-36)25-9-5-7-11-28(25)38/h5-12,20-24,27H,13-19H2,1-4H3/t24?,27-/m0/s1. The SMILES string of the molecule is CC(C)[C@H](CC(=O)OC(=O)CC(CC1CCOCC1)C(=O)N(C)c1nc(-c2ccccc2Cl)cs1)C(=O)N(C)c1nc(-c2ccccc2Cl)cs1. The molecule has 1 aliphatic rings. The Morgan fingerprint density at radius 3 is 1.80 bits per heavy atom. The van der Waals surface area contributed by atoms with Crippen molar-refractivity contribution in [3.05, 3.63) is 69.3 Å². The largest absolute Gasteiger partial charge is 0.393 e. The van der Waals surface area contributed by atoms with Crippen molar-refractivity contribution >= 4 is 79.9 Å². The number of ether oxygens (including phenoxy) is 2. The fraction of sp³-hybridized carbons (Fsp3) is 0.405. The Balaban J connectivity index is 1.24. The predicted octanol–water partition coefficient (Wildman–Crippen LogP) is 8.42. The highest BCUT2D eigenvalue weighted by molar-refractivity contribution is 7.14. The van der Waals surface area contributed by atoms with E-state index in [4.69, 9.17) is 32.7 Å². The highest BCUT2D eigenvalue weighted by Gasteiger charge is 2.34. The number of thiazole rings is 2. The first-order valence-electron chi connectivity index (χ1n) is 16.7. The van der Waals surface area contributed by atoms with E-state index in [9.17, 15) is 19.2 Å². The molecule has 14 heteroatoms. The Labute approximate surface area is 315 Å². The van der Waals surface area contributed by atoms with Gasteiger partial charge < -0.3 is 9.47 Å². The zero-order valence-corrected chi connectivity index (χ0v) is 32.0. The van der Waals surface area contributed by atoms with Gasteiger partial charge in [-0.3, -0.25) is 29.0 Å². The van der Waals surface area contributed by atoms with Crippen molar-refractivity contribution in [2.45, 2.75) is 46.0 Å². The Morgan fingerprint density at radius 2 is 1.29 bits per heavy atom. The third kappa shape index (κ3) is 9.81. The van der Waals surface area contributed by atoms with E-state index in [1.54, 1.807) is 26.2 Å². The number of nitrogens with zero attached hydrogens (tertiary/aromatic N) is 4. The minimum Gasteiger partial charge on any atom is -0.393 e. The summed E-state index contributed by atoms with van der Waals surface area (Å²) in [5, 5.41) is 5.65. The number of amides is 2. The molecule has 0 radical (unpaired) electrons. The number of benzene rings is 2. The first-order valence-corrected chi connectivity index (χ1v) is 19.2. The monoisotopic (exact) mass is 770 g/mol. The number of aromatic nitrogens is 2. The molecule has 0 aliphatic carbocycles. The molecule has 0 spiro atoms. The summed E-state index contributed by atoms with van der Waals surface area (Å²) in [4.78, 5) is 66.1. The summed E-state index contributed by atoms with van der Waals surface area (Å²) in [6, 6.07) is 14.6. The highest BCUT2D eigenvalue weighted by Crippen LogP contribution is 2.35. The molecule has 2 aromatic carbocycles. The maximum absolute atomic E-state index is 13.9. The summed E-state index contributed by atoms with van der Waals surface area (Å²) in [5.74, 6) is -3.87. The summed E-state index contributed by atoms with van der Waals surface area (Å²) >= 11 is 15.3. The molecule has 51 heavy (non-hydrogen) atoms. The third-order valence-corrected chi connectivity index (χ3v) is 11.5. The van der Waals surface area contributed by atoms with Crippen LogP contribution in [-0.4, -0.2) is 61.0 Å². The average Bonchev–Trinajstić information content (AvgIpc) is 3.81. The predicted molar refractivity (Wildman–Crippen MR) is 202 cm³/mol. The van der Waals surface area contributed by atoms with Gasteiger partial charge in [0.1, 0.15) is 0 Å². The van der Waals surface area contributed by atoms with Gasteiger partial charge in [0.2, 0.25) is 11.8 Å². The van der Waals surface area contributed by atoms with Crippen LogP contribution in [0, 0.1) is 23.7 Å². The van der Waals surface area contributed by atoms with Crippen molar-refractivity contribution in [2.75, 3.05) is 37.1 Å². The van der Waals surface area contributed by atoms with E-state index >= 15 is 0 Å². The van der Waals surface area contributed by atoms with Gasteiger partial charge in [0.25, 0.3) is 0 Å². The van der Waals surface area contributed by atoms with E-state index in [1.165, 1.54) is 32.5 Å². The smallest absolute Gasteiger partial charge is 0.314 e. The van der Waals surface area contributed by atoms with Gasteiger partial charge in [-0.25, -0.2) is 9.97 Å². The van der Waals surface area contributed by atoms with Crippen LogP contribution in [0.2, 0.25) is 10.0 Å². The van der Waals surface area contributed by atoms with Gasteiger partial charge in [-0.2, -0.15) is 0 Å². The molecule has 2 aromatic heterocycles. The molecule has 1 unspecified atom stereocenters. The van der Waals surface area contributed by atoms with Crippen LogP contribution in [0.15, 0.2) is 59.3 Å². The molecule has 0 bridgehead atoms. The first-order chi connectivity index (χ1) is 24.4. The van der Waals surface area contributed by atoms with Crippen molar-refractivity contribution in [3.8, 4) is 22.5 Å². The molecule has 0 saturated carbocycles. The molecule has 2 amide bonds. The zero-order valence-electron chi connectivity index (χ0n) is 28.8. The van der Waals surface area contributed by atoms with Gasteiger partial charge in [0, 0.05) is 65.2 Å². The number of hydrogen-bond donors (Lipinski definition) is 0. The molecule has 4 aromatic rings. The van der Waals surface area contributed by atoms with Crippen molar-refractivity contribution in [1.82, 2.24) is 9.97 Å². The molecule has 3 heterocycles. The zero-order chi connectivity index (χ0) is 36.7. The molecule has 1 saturated heterocycles. The summed E-state index contributed by atoms with van der Waals surface area (Å²) in [5.41, 5.74) is 2.78. The maximum atomic E-state index is 13.9. The second kappa shape index (κ2) is 17.7. The summed E-state index contributed by atoms with van der Waals surface area (Å²) in [7, 11) is 3.23. The van der Waals surface area contributed by atoms with Crippen LogP contribution in [0.1, 0.15) is 46.0 Å². The quantitative estimate of drug-likeness (QED) is 0.0982. The normalized spacial score (nSPS) is 14.6. The second-order valence-electron chi connectivity index (χ2n) is 12.9. The Hall–Kier alpha value is -3.68. The van der Waals surface area contributed by atoms with Crippen LogP contribution in [0.4, 0.5) is 10.3 Å². The number of halogens is 2.